The molecule has 1 rings (SSSR count). The summed E-state index contributed by atoms with van der Waals surface area (Å²) in [5.74, 6) is 0.487. The highest BCUT2D eigenvalue weighted by Gasteiger charge is 2.02. The first-order valence-electron chi connectivity index (χ1n) is 6.40. The maximum Gasteiger partial charge on any atom is 0.305 e. The molecule has 0 fully saturated rings. The van der Waals surface area contributed by atoms with Crippen LogP contribution in [0, 0.1) is 5.92 Å². The summed E-state index contributed by atoms with van der Waals surface area (Å²) in [5.41, 5.74) is 1.04. The van der Waals surface area contributed by atoms with E-state index in [-0.39, 0.29) is 5.97 Å². The molecule has 1 N–H and O–H groups in total. The van der Waals surface area contributed by atoms with Gasteiger partial charge in [-0.25, -0.2) is 4.98 Å². The van der Waals surface area contributed by atoms with Crippen LogP contribution in [0.1, 0.15) is 32.4 Å². The lowest BCUT2D eigenvalue weighted by Gasteiger charge is -2.05. The number of aryl methyl sites for hydroxylation is 1. The van der Waals surface area contributed by atoms with E-state index in [1.165, 1.54) is 7.11 Å². The van der Waals surface area contributed by atoms with E-state index < -0.39 is 0 Å². The van der Waals surface area contributed by atoms with Crippen molar-refractivity contribution in [1.29, 1.82) is 0 Å². The van der Waals surface area contributed by atoms with Gasteiger partial charge in [0.15, 0.2) is 0 Å². The van der Waals surface area contributed by atoms with Gasteiger partial charge >= 0.3 is 5.97 Å². The first-order chi connectivity index (χ1) is 8.61. The standard InChI is InChI=1S/C13H23N3O2/c1-11(2)7-14-8-12-9-16(10-15-12)6-4-5-13(17)18-3/h9-11,14H,4-8H2,1-3H3. The third kappa shape index (κ3) is 5.82. The number of hydrogen-bond acceptors (Lipinski definition) is 4. The van der Waals surface area contributed by atoms with Gasteiger partial charge < -0.3 is 14.6 Å². The zero-order valence-corrected chi connectivity index (χ0v) is 11.5. The molecule has 0 amide bonds. The molecule has 0 atom stereocenters. The van der Waals surface area contributed by atoms with Gasteiger partial charge in [-0.3, -0.25) is 4.79 Å². The van der Waals surface area contributed by atoms with E-state index in [1.54, 1.807) is 0 Å². The molecule has 5 heteroatoms. The van der Waals surface area contributed by atoms with Gasteiger partial charge in [-0.2, -0.15) is 0 Å². The number of aromatic nitrogens is 2. The average molecular weight is 253 g/mol. The Hall–Kier alpha value is -1.36. The second kappa shape index (κ2) is 7.87. The Kier molecular flexibility index (Phi) is 6.43. The van der Waals surface area contributed by atoms with E-state index in [0.717, 1.165) is 31.7 Å². The van der Waals surface area contributed by atoms with Crippen LogP contribution >= 0.6 is 0 Å². The molecule has 0 spiro atoms. The fourth-order valence-electron chi connectivity index (χ4n) is 1.62. The molecular formula is C13H23N3O2. The average Bonchev–Trinajstić information content (AvgIpc) is 2.76. The van der Waals surface area contributed by atoms with Gasteiger partial charge in [-0.1, -0.05) is 13.8 Å². The SMILES string of the molecule is COC(=O)CCCn1cnc(CNCC(C)C)c1. The predicted octanol–water partition coefficient (Wildman–Crippen LogP) is 1.58. The molecule has 0 unspecified atom stereocenters. The minimum Gasteiger partial charge on any atom is -0.469 e. The molecule has 5 nitrogen and oxygen atoms in total. The number of carbonyl (C=O) groups is 1. The number of ether oxygens (including phenoxy) is 1. The van der Waals surface area contributed by atoms with Gasteiger partial charge in [0.05, 0.1) is 19.1 Å². The summed E-state index contributed by atoms with van der Waals surface area (Å²) < 4.78 is 6.60. The van der Waals surface area contributed by atoms with Crippen LogP contribution in [0.2, 0.25) is 0 Å². The molecule has 0 radical (unpaired) electrons. The molecule has 0 aliphatic rings. The molecule has 1 aromatic rings. The fraction of sp³-hybridized carbons (Fsp3) is 0.692. The number of nitrogens with one attached hydrogen (secondary N) is 1. The summed E-state index contributed by atoms with van der Waals surface area (Å²) in [6, 6.07) is 0. The molecule has 0 aromatic carbocycles. The normalized spacial score (nSPS) is 10.9. The largest absolute Gasteiger partial charge is 0.469 e. The maximum atomic E-state index is 11.0. The minimum absolute atomic E-state index is 0.158. The van der Waals surface area contributed by atoms with Gasteiger partial charge in [0.1, 0.15) is 0 Å². The number of esters is 1. The lowest BCUT2D eigenvalue weighted by atomic mass is 10.2. The highest BCUT2D eigenvalue weighted by Crippen LogP contribution is 2.01. The molecule has 18 heavy (non-hydrogen) atoms. The summed E-state index contributed by atoms with van der Waals surface area (Å²) in [7, 11) is 1.41. The molecular weight excluding hydrogens is 230 g/mol. The van der Waals surface area contributed by atoms with Crippen molar-refractivity contribution in [2.75, 3.05) is 13.7 Å². The van der Waals surface area contributed by atoms with Gasteiger partial charge in [0.25, 0.3) is 0 Å². The third-order valence-corrected chi connectivity index (χ3v) is 2.57. The Morgan fingerprint density at radius 1 is 1.56 bits per heavy atom. The Morgan fingerprint density at radius 2 is 2.33 bits per heavy atom. The van der Waals surface area contributed by atoms with Crippen LogP contribution in [-0.2, 0) is 22.6 Å². The first-order valence-corrected chi connectivity index (χ1v) is 6.40. The zero-order valence-electron chi connectivity index (χ0n) is 11.5. The first kappa shape index (κ1) is 14.7. The van der Waals surface area contributed by atoms with Crippen LogP contribution in [0.4, 0.5) is 0 Å². The van der Waals surface area contributed by atoms with Gasteiger partial charge in [0, 0.05) is 25.7 Å². The number of carbonyl (C=O) groups excluding carboxylic acids is 1. The molecule has 0 aliphatic carbocycles. The van der Waals surface area contributed by atoms with Crippen molar-refractivity contribution < 1.29 is 9.53 Å². The predicted molar refractivity (Wildman–Crippen MR) is 70.0 cm³/mol. The monoisotopic (exact) mass is 253 g/mol. The van der Waals surface area contributed by atoms with Crippen LogP contribution in [0.5, 0.6) is 0 Å². The second-order valence-electron chi connectivity index (χ2n) is 4.81. The summed E-state index contributed by atoms with van der Waals surface area (Å²) >= 11 is 0. The van der Waals surface area contributed by atoms with E-state index in [9.17, 15) is 4.79 Å². The van der Waals surface area contributed by atoms with Crippen molar-refractivity contribution in [3.63, 3.8) is 0 Å². The summed E-state index contributed by atoms with van der Waals surface area (Å²) in [6.07, 6.45) is 5.06. The van der Waals surface area contributed by atoms with Crippen molar-refractivity contribution in [1.82, 2.24) is 14.9 Å². The lowest BCUT2D eigenvalue weighted by molar-refractivity contribution is -0.140. The maximum absolute atomic E-state index is 11.0. The van der Waals surface area contributed by atoms with E-state index in [1.807, 2.05) is 17.1 Å². The summed E-state index contributed by atoms with van der Waals surface area (Å²) in [6.45, 7) is 6.94. The molecule has 0 saturated heterocycles. The van der Waals surface area contributed by atoms with Crippen molar-refractivity contribution in [2.24, 2.45) is 5.92 Å². The number of nitrogens with zero attached hydrogens (tertiary/aromatic N) is 2. The van der Waals surface area contributed by atoms with Crippen molar-refractivity contribution in [2.45, 2.75) is 39.8 Å². The topological polar surface area (TPSA) is 56.2 Å². The van der Waals surface area contributed by atoms with Gasteiger partial charge in [0.2, 0.25) is 0 Å². The molecule has 1 heterocycles. The van der Waals surface area contributed by atoms with Gasteiger partial charge in [-0.05, 0) is 18.9 Å². The Bertz CT molecular complexity index is 361. The van der Waals surface area contributed by atoms with E-state index >= 15 is 0 Å². The number of imidazole rings is 1. The fourth-order valence-corrected chi connectivity index (χ4v) is 1.62. The summed E-state index contributed by atoms with van der Waals surface area (Å²) in [5, 5.41) is 3.35. The molecule has 1 aromatic heterocycles. The quantitative estimate of drug-likeness (QED) is 0.715. The van der Waals surface area contributed by atoms with Crippen LogP contribution in [0.3, 0.4) is 0 Å². The molecule has 102 valence electrons. The highest BCUT2D eigenvalue weighted by molar-refractivity contribution is 5.68. The van der Waals surface area contributed by atoms with Gasteiger partial charge in [-0.15, -0.1) is 0 Å². The Balaban J connectivity index is 2.23. The molecule has 0 aliphatic heterocycles. The van der Waals surface area contributed by atoms with Crippen molar-refractivity contribution in [3.8, 4) is 0 Å². The highest BCUT2D eigenvalue weighted by atomic mass is 16.5. The van der Waals surface area contributed by atoms with Crippen LogP contribution in [0.15, 0.2) is 12.5 Å². The number of rotatable bonds is 8. The Morgan fingerprint density at radius 3 is 3.00 bits per heavy atom. The van der Waals surface area contributed by atoms with Crippen molar-refractivity contribution >= 4 is 5.97 Å². The third-order valence-electron chi connectivity index (χ3n) is 2.57. The number of hydrogen-bond donors (Lipinski definition) is 1. The second-order valence-corrected chi connectivity index (χ2v) is 4.81. The minimum atomic E-state index is -0.158. The molecule has 0 bridgehead atoms. The van der Waals surface area contributed by atoms with Crippen LogP contribution in [0.25, 0.3) is 0 Å². The van der Waals surface area contributed by atoms with E-state index in [0.29, 0.717) is 12.3 Å². The summed E-state index contributed by atoms with van der Waals surface area (Å²) in [4.78, 5) is 15.3. The smallest absolute Gasteiger partial charge is 0.305 e. The molecule has 0 saturated carbocycles. The van der Waals surface area contributed by atoms with Crippen LogP contribution in [-0.4, -0.2) is 29.2 Å². The van der Waals surface area contributed by atoms with E-state index in [4.69, 9.17) is 0 Å². The van der Waals surface area contributed by atoms with E-state index in [2.05, 4.69) is 28.9 Å². The zero-order chi connectivity index (χ0) is 13.4. The van der Waals surface area contributed by atoms with Crippen LogP contribution < -0.4 is 5.32 Å². The Labute approximate surface area is 109 Å². The number of methoxy groups -OCH3 is 1. The van der Waals surface area contributed by atoms with Crippen molar-refractivity contribution in [3.05, 3.63) is 18.2 Å². The lowest BCUT2D eigenvalue weighted by Crippen LogP contribution is -2.19.